The molecule has 1 aliphatic carbocycles. The predicted molar refractivity (Wildman–Crippen MR) is 94.6 cm³/mol. The third-order valence-corrected chi connectivity index (χ3v) is 4.91. The fourth-order valence-electron chi connectivity index (χ4n) is 3.44. The highest BCUT2D eigenvalue weighted by atomic mass is 16.5. The standard InChI is InChI=1S/C18H32N4O/c1-5-14(6-2)17-11-16(23-22-17)12-20-18(19-4)21-15-9-7-8-13(3)10-15/h11,13-15H,5-10,12H2,1-4H3,(H2,19,20,21). The number of aromatic nitrogens is 1. The molecule has 1 heterocycles. The fraction of sp³-hybridized carbons (Fsp3) is 0.778. The summed E-state index contributed by atoms with van der Waals surface area (Å²) in [6, 6.07) is 2.60. The Bertz CT molecular complexity index is 493. The summed E-state index contributed by atoms with van der Waals surface area (Å²) in [5, 5.41) is 11.1. The Labute approximate surface area is 140 Å². The molecule has 2 rings (SSSR count). The van der Waals surface area contributed by atoms with Crippen molar-refractivity contribution in [3.63, 3.8) is 0 Å². The Morgan fingerprint density at radius 2 is 2.17 bits per heavy atom. The van der Waals surface area contributed by atoms with E-state index >= 15 is 0 Å². The van der Waals surface area contributed by atoms with Gasteiger partial charge in [0.25, 0.3) is 0 Å². The molecule has 1 aromatic rings. The Balaban J connectivity index is 1.83. The fourth-order valence-corrected chi connectivity index (χ4v) is 3.44. The van der Waals surface area contributed by atoms with Crippen molar-refractivity contribution in [3.05, 3.63) is 17.5 Å². The highest BCUT2D eigenvalue weighted by Gasteiger charge is 2.19. The zero-order valence-electron chi connectivity index (χ0n) is 15.1. The summed E-state index contributed by atoms with van der Waals surface area (Å²) < 4.78 is 5.46. The summed E-state index contributed by atoms with van der Waals surface area (Å²) in [7, 11) is 1.82. The van der Waals surface area contributed by atoms with E-state index in [4.69, 9.17) is 4.52 Å². The van der Waals surface area contributed by atoms with Gasteiger partial charge in [-0.1, -0.05) is 38.8 Å². The van der Waals surface area contributed by atoms with Crippen LogP contribution in [0.3, 0.4) is 0 Å². The van der Waals surface area contributed by atoms with Gasteiger partial charge in [-0.15, -0.1) is 0 Å². The molecule has 2 N–H and O–H groups in total. The molecule has 1 fully saturated rings. The first-order valence-electron chi connectivity index (χ1n) is 9.08. The molecule has 5 nitrogen and oxygen atoms in total. The average Bonchev–Trinajstić information content (AvgIpc) is 3.01. The van der Waals surface area contributed by atoms with Crippen molar-refractivity contribution in [3.8, 4) is 0 Å². The number of aliphatic imine (C=N–C) groups is 1. The van der Waals surface area contributed by atoms with Gasteiger partial charge >= 0.3 is 0 Å². The van der Waals surface area contributed by atoms with Crippen LogP contribution in [0.1, 0.15) is 76.7 Å². The van der Waals surface area contributed by atoms with Crippen molar-refractivity contribution in [2.24, 2.45) is 10.9 Å². The number of nitrogens with zero attached hydrogens (tertiary/aromatic N) is 2. The van der Waals surface area contributed by atoms with Crippen molar-refractivity contribution in [2.75, 3.05) is 7.05 Å². The monoisotopic (exact) mass is 320 g/mol. The van der Waals surface area contributed by atoms with Crippen LogP contribution in [0.25, 0.3) is 0 Å². The number of hydrogen-bond acceptors (Lipinski definition) is 3. The van der Waals surface area contributed by atoms with E-state index in [1.807, 2.05) is 7.05 Å². The smallest absolute Gasteiger partial charge is 0.191 e. The third kappa shape index (κ3) is 5.26. The lowest BCUT2D eigenvalue weighted by molar-refractivity contribution is 0.323. The lowest BCUT2D eigenvalue weighted by Crippen LogP contribution is -2.44. The summed E-state index contributed by atoms with van der Waals surface area (Å²) in [6.45, 7) is 7.34. The Kier molecular flexibility index (Phi) is 6.93. The van der Waals surface area contributed by atoms with Crippen molar-refractivity contribution in [2.45, 2.75) is 77.8 Å². The van der Waals surface area contributed by atoms with Crippen molar-refractivity contribution < 1.29 is 4.52 Å². The van der Waals surface area contributed by atoms with Crippen LogP contribution in [0, 0.1) is 5.92 Å². The minimum atomic E-state index is 0.494. The van der Waals surface area contributed by atoms with Crippen LogP contribution < -0.4 is 10.6 Å². The summed E-state index contributed by atoms with van der Waals surface area (Å²) in [5.74, 6) is 3.02. The van der Waals surface area contributed by atoms with E-state index in [0.717, 1.165) is 36.2 Å². The van der Waals surface area contributed by atoms with Gasteiger partial charge < -0.3 is 15.2 Å². The second-order valence-corrected chi connectivity index (χ2v) is 6.77. The van der Waals surface area contributed by atoms with Gasteiger partial charge in [0.15, 0.2) is 11.7 Å². The second kappa shape index (κ2) is 8.94. The Hall–Kier alpha value is -1.52. The van der Waals surface area contributed by atoms with Crippen LogP contribution in [0.15, 0.2) is 15.6 Å². The summed E-state index contributed by atoms with van der Waals surface area (Å²) in [5.41, 5.74) is 1.07. The Morgan fingerprint density at radius 3 is 2.83 bits per heavy atom. The van der Waals surface area contributed by atoms with Gasteiger partial charge in [-0.05, 0) is 31.6 Å². The minimum Gasteiger partial charge on any atom is -0.359 e. The first-order valence-corrected chi connectivity index (χ1v) is 9.08. The maximum atomic E-state index is 5.46. The number of hydrogen-bond donors (Lipinski definition) is 2. The predicted octanol–water partition coefficient (Wildman–Crippen LogP) is 3.82. The van der Waals surface area contributed by atoms with Crippen LogP contribution in [0.4, 0.5) is 0 Å². The van der Waals surface area contributed by atoms with Crippen molar-refractivity contribution in [1.29, 1.82) is 0 Å². The van der Waals surface area contributed by atoms with E-state index in [9.17, 15) is 0 Å². The highest BCUT2D eigenvalue weighted by Crippen LogP contribution is 2.24. The molecule has 0 amide bonds. The quantitative estimate of drug-likeness (QED) is 0.618. The molecule has 1 aliphatic rings. The molecule has 0 aliphatic heterocycles. The Morgan fingerprint density at radius 1 is 1.39 bits per heavy atom. The highest BCUT2D eigenvalue weighted by molar-refractivity contribution is 5.79. The van der Waals surface area contributed by atoms with E-state index in [0.29, 0.717) is 18.5 Å². The van der Waals surface area contributed by atoms with Gasteiger partial charge in [-0.3, -0.25) is 4.99 Å². The maximum absolute atomic E-state index is 5.46. The lowest BCUT2D eigenvalue weighted by Gasteiger charge is -2.28. The number of guanidine groups is 1. The van der Waals surface area contributed by atoms with Crippen LogP contribution in [0.2, 0.25) is 0 Å². The molecule has 1 aromatic heterocycles. The van der Waals surface area contributed by atoms with E-state index in [-0.39, 0.29) is 0 Å². The van der Waals surface area contributed by atoms with E-state index < -0.39 is 0 Å². The summed E-state index contributed by atoms with van der Waals surface area (Å²) in [6.07, 6.45) is 7.30. The first-order chi connectivity index (χ1) is 11.2. The third-order valence-electron chi connectivity index (χ3n) is 4.91. The zero-order chi connectivity index (χ0) is 16.7. The summed E-state index contributed by atoms with van der Waals surface area (Å²) >= 11 is 0. The minimum absolute atomic E-state index is 0.494. The molecule has 0 spiro atoms. The molecule has 0 saturated heterocycles. The van der Waals surface area contributed by atoms with Crippen molar-refractivity contribution in [1.82, 2.24) is 15.8 Å². The van der Waals surface area contributed by atoms with Gasteiger partial charge in [0, 0.05) is 25.1 Å². The molecule has 0 radical (unpaired) electrons. The largest absolute Gasteiger partial charge is 0.359 e. The molecule has 23 heavy (non-hydrogen) atoms. The molecular weight excluding hydrogens is 288 g/mol. The molecule has 0 bridgehead atoms. The van der Waals surface area contributed by atoms with Gasteiger partial charge in [0.05, 0.1) is 12.2 Å². The summed E-state index contributed by atoms with van der Waals surface area (Å²) in [4.78, 5) is 4.33. The average molecular weight is 320 g/mol. The van der Waals surface area contributed by atoms with Crippen LogP contribution in [0.5, 0.6) is 0 Å². The number of nitrogens with one attached hydrogen (secondary N) is 2. The zero-order valence-corrected chi connectivity index (χ0v) is 15.1. The molecule has 1 saturated carbocycles. The lowest BCUT2D eigenvalue weighted by atomic mass is 9.87. The van der Waals surface area contributed by atoms with Gasteiger partial charge in [0.1, 0.15) is 0 Å². The van der Waals surface area contributed by atoms with Crippen LogP contribution in [-0.2, 0) is 6.54 Å². The van der Waals surface area contributed by atoms with Gasteiger partial charge in [-0.25, -0.2) is 0 Å². The normalized spacial score (nSPS) is 22.4. The number of rotatable bonds is 6. The van der Waals surface area contributed by atoms with Gasteiger partial charge in [0.2, 0.25) is 0 Å². The maximum Gasteiger partial charge on any atom is 0.191 e. The van der Waals surface area contributed by atoms with Crippen molar-refractivity contribution >= 4 is 5.96 Å². The molecule has 130 valence electrons. The second-order valence-electron chi connectivity index (χ2n) is 6.77. The topological polar surface area (TPSA) is 62.5 Å². The van der Waals surface area contributed by atoms with E-state index in [2.05, 4.69) is 47.6 Å². The molecule has 2 atom stereocenters. The molecule has 2 unspecified atom stereocenters. The van der Waals surface area contributed by atoms with Gasteiger partial charge in [-0.2, -0.15) is 0 Å². The molecule has 5 heteroatoms. The van der Waals surface area contributed by atoms with E-state index in [1.165, 1.54) is 25.7 Å². The molecule has 0 aromatic carbocycles. The first kappa shape index (κ1) is 17.8. The van der Waals surface area contributed by atoms with E-state index in [1.54, 1.807) is 0 Å². The SMILES string of the molecule is CCC(CC)c1cc(CNC(=NC)NC2CCCC(C)C2)on1. The molecular formula is C18H32N4O. The van der Waals surface area contributed by atoms with Crippen LogP contribution in [-0.4, -0.2) is 24.2 Å². The van der Waals surface area contributed by atoms with Crippen LogP contribution >= 0.6 is 0 Å².